The molecule has 1 heterocycles. The Labute approximate surface area is 151 Å². The maximum atomic E-state index is 11.5. The molecule has 0 aliphatic carbocycles. The molecule has 0 aliphatic heterocycles. The van der Waals surface area contributed by atoms with Gasteiger partial charge in [-0.2, -0.15) is 0 Å². The number of hydrogen-bond donors (Lipinski definition) is 1. The van der Waals surface area contributed by atoms with Gasteiger partial charge in [-0.25, -0.2) is 4.79 Å². The first-order valence-electron chi connectivity index (χ1n) is 7.98. The minimum atomic E-state index is -0.904. The third-order valence-corrected chi connectivity index (χ3v) is 4.36. The van der Waals surface area contributed by atoms with Crippen molar-refractivity contribution >= 4 is 17.6 Å². The second-order valence-corrected chi connectivity index (χ2v) is 6.60. The van der Waals surface area contributed by atoms with Gasteiger partial charge in [-0.1, -0.05) is 47.5 Å². The monoisotopic (exact) mass is 351 g/mol. The number of hydrogen-bond acceptors (Lipinski definition) is 2. The maximum absolute atomic E-state index is 11.5. The number of carbonyl (C=O) groups is 1. The molecule has 0 atom stereocenters. The van der Waals surface area contributed by atoms with Crippen LogP contribution in [-0.2, 0) is 6.42 Å². The molecule has 3 rings (SSSR count). The average molecular weight is 352 g/mol. The molecule has 25 heavy (non-hydrogen) atoms. The molecule has 0 fully saturated rings. The normalized spacial score (nSPS) is 10.7. The number of halogens is 1. The molecule has 0 spiro atoms. The lowest BCUT2D eigenvalue weighted by Gasteiger charge is -2.10. The van der Waals surface area contributed by atoms with Gasteiger partial charge in [-0.15, -0.1) is 0 Å². The Hall–Kier alpha value is -2.65. The number of aromatic nitrogens is 1. The van der Waals surface area contributed by atoms with Crippen molar-refractivity contribution in [3.8, 4) is 11.3 Å². The highest BCUT2D eigenvalue weighted by atomic mass is 35.5. The Morgan fingerprint density at radius 3 is 2.60 bits per heavy atom. The van der Waals surface area contributed by atoms with Crippen molar-refractivity contribution in [3.63, 3.8) is 0 Å². The highest BCUT2D eigenvalue weighted by Gasteiger charge is 2.12. The quantitative estimate of drug-likeness (QED) is 0.693. The molecule has 0 aliphatic rings. The molecular weight excluding hydrogens is 334 g/mol. The van der Waals surface area contributed by atoms with E-state index in [0.717, 1.165) is 33.5 Å². The summed E-state index contributed by atoms with van der Waals surface area (Å²) in [5.74, 6) is -0.904. The highest BCUT2D eigenvalue weighted by molar-refractivity contribution is 6.30. The topological polar surface area (TPSA) is 50.2 Å². The average Bonchev–Trinajstić information content (AvgIpc) is 2.56. The van der Waals surface area contributed by atoms with Crippen LogP contribution in [0, 0.1) is 13.8 Å². The standard InChI is InChI=1S/C21H18ClNO2/c1-13-6-7-16(19(8-13)21(24)25)10-15-9-14(2)20(23-12-15)17-4-3-5-18(22)11-17/h3-9,11-12H,10H2,1-2H3,(H,24,25). The summed E-state index contributed by atoms with van der Waals surface area (Å²) in [6.45, 7) is 3.89. The first-order chi connectivity index (χ1) is 11.9. The van der Waals surface area contributed by atoms with E-state index in [1.165, 1.54) is 0 Å². The van der Waals surface area contributed by atoms with Crippen molar-refractivity contribution in [1.29, 1.82) is 0 Å². The first kappa shape index (κ1) is 17.2. The van der Waals surface area contributed by atoms with Gasteiger partial charge < -0.3 is 5.11 Å². The van der Waals surface area contributed by atoms with E-state index in [9.17, 15) is 9.90 Å². The summed E-state index contributed by atoms with van der Waals surface area (Å²) < 4.78 is 0. The number of rotatable bonds is 4. The second-order valence-electron chi connectivity index (χ2n) is 6.16. The molecule has 0 radical (unpaired) electrons. The molecule has 2 aromatic carbocycles. The second kappa shape index (κ2) is 7.08. The van der Waals surface area contributed by atoms with E-state index in [1.54, 1.807) is 12.3 Å². The zero-order chi connectivity index (χ0) is 18.0. The van der Waals surface area contributed by atoms with Crippen LogP contribution in [0.15, 0.2) is 54.7 Å². The molecule has 1 N–H and O–H groups in total. The van der Waals surface area contributed by atoms with Crippen LogP contribution >= 0.6 is 11.6 Å². The SMILES string of the molecule is Cc1ccc(Cc2cnc(-c3cccc(Cl)c3)c(C)c2)c(C(=O)O)c1. The summed E-state index contributed by atoms with van der Waals surface area (Å²) in [5.41, 5.74) is 5.93. The van der Waals surface area contributed by atoms with Crippen molar-refractivity contribution in [2.75, 3.05) is 0 Å². The van der Waals surface area contributed by atoms with Crippen LogP contribution in [0.2, 0.25) is 5.02 Å². The Bertz CT molecular complexity index is 950. The van der Waals surface area contributed by atoms with Crippen molar-refractivity contribution < 1.29 is 9.90 Å². The Balaban J connectivity index is 1.93. The Morgan fingerprint density at radius 2 is 1.92 bits per heavy atom. The zero-order valence-corrected chi connectivity index (χ0v) is 14.8. The fourth-order valence-electron chi connectivity index (χ4n) is 2.93. The van der Waals surface area contributed by atoms with Gasteiger partial charge in [0.2, 0.25) is 0 Å². The Morgan fingerprint density at radius 1 is 1.12 bits per heavy atom. The molecule has 0 bridgehead atoms. The lowest BCUT2D eigenvalue weighted by molar-refractivity contribution is 0.0695. The van der Waals surface area contributed by atoms with Crippen LogP contribution in [0.3, 0.4) is 0 Å². The predicted molar refractivity (Wildman–Crippen MR) is 100 cm³/mol. The number of carboxylic acids is 1. The van der Waals surface area contributed by atoms with Gasteiger partial charge in [0, 0.05) is 16.8 Å². The molecule has 0 unspecified atom stereocenters. The lowest BCUT2D eigenvalue weighted by Crippen LogP contribution is -2.04. The van der Waals surface area contributed by atoms with Gasteiger partial charge in [0.15, 0.2) is 0 Å². The fraction of sp³-hybridized carbons (Fsp3) is 0.143. The van der Waals surface area contributed by atoms with Crippen LogP contribution < -0.4 is 0 Å². The van der Waals surface area contributed by atoms with E-state index in [0.29, 0.717) is 17.0 Å². The van der Waals surface area contributed by atoms with Crippen LogP contribution in [0.5, 0.6) is 0 Å². The first-order valence-corrected chi connectivity index (χ1v) is 8.36. The van der Waals surface area contributed by atoms with Gasteiger partial charge in [0.05, 0.1) is 11.3 Å². The van der Waals surface area contributed by atoms with Gasteiger partial charge in [0.1, 0.15) is 0 Å². The third kappa shape index (κ3) is 3.89. The van der Waals surface area contributed by atoms with Crippen molar-refractivity contribution in [3.05, 3.63) is 87.6 Å². The molecule has 0 amide bonds. The zero-order valence-electron chi connectivity index (χ0n) is 14.1. The van der Waals surface area contributed by atoms with Gasteiger partial charge in [0.25, 0.3) is 0 Å². The molecule has 0 saturated carbocycles. The number of aryl methyl sites for hydroxylation is 2. The minimum Gasteiger partial charge on any atom is -0.478 e. The van der Waals surface area contributed by atoms with E-state index >= 15 is 0 Å². The van der Waals surface area contributed by atoms with Crippen LogP contribution in [0.1, 0.15) is 32.6 Å². The molecule has 3 aromatic rings. The maximum Gasteiger partial charge on any atom is 0.335 e. The summed E-state index contributed by atoms with van der Waals surface area (Å²) in [7, 11) is 0. The van der Waals surface area contributed by atoms with Crippen molar-refractivity contribution in [2.45, 2.75) is 20.3 Å². The van der Waals surface area contributed by atoms with E-state index in [2.05, 4.69) is 11.1 Å². The third-order valence-electron chi connectivity index (χ3n) is 4.12. The van der Waals surface area contributed by atoms with Crippen LogP contribution in [-0.4, -0.2) is 16.1 Å². The van der Waals surface area contributed by atoms with Crippen LogP contribution in [0.4, 0.5) is 0 Å². The largest absolute Gasteiger partial charge is 0.478 e. The highest BCUT2D eigenvalue weighted by Crippen LogP contribution is 2.25. The number of carboxylic acid groups (broad SMARTS) is 1. The molecule has 1 aromatic heterocycles. The van der Waals surface area contributed by atoms with Crippen molar-refractivity contribution in [2.24, 2.45) is 0 Å². The van der Waals surface area contributed by atoms with Crippen LogP contribution in [0.25, 0.3) is 11.3 Å². The fourth-order valence-corrected chi connectivity index (χ4v) is 3.12. The molecule has 3 nitrogen and oxygen atoms in total. The Kier molecular flexibility index (Phi) is 4.86. The van der Waals surface area contributed by atoms with Crippen molar-refractivity contribution in [1.82, 2.24) is 4.98 Å². The van der Waals surface area contributed by atoms with Gasteiger partial charge >= 0.3 is 5.97 Å². The summed E-state index contributed by atoms with van der Waals surface area (Å²) in [6.07, 6.45) is 2.33. The molecule has 126 valence electrons. The van der Waals surface area contributed by atoms with E-state index in [-0.39, 0.29) is 0 Å². The molecule has 0 saturated heterocycles. The van der Waals surface area contributed by atoms with E-state index < -0.39 is 5.97 Å². The summed E-state index contributed by atoms with van der Waals surface area (Å²) in [6, 6.07) is 15.2. The lowest BCUT2D eigenvalue weighted by atomic mass is 9.97. The van der Waals surface area contributed by atoms with E-state index in [4.69, 9.17) is 11.6 Å². The minimum absolute atomic E-state index is 0.344. The number of aromatic carboxylic acids is 1. The summed E-state index contributed by atoms with van der Waals surface area (Å²) in [4.78, 5) is 16.0. The summed E-state index contributed by atoms with van der Waals surface area (Å²) >= 11 is 6.06. The molecule has 4 heteroatoms. The number of benzene rings is 2. The summed E-state index contributed by atoms with van der Waals surface area (Å²) in [5, 5.41) is 10.1. The molecular formula is C21H18ClNO2. The number of nitrogens with zero attached hydrogens (tertiary/aromatic N) is 1. The van der Waals surface area contributed by atoms with E-state index in [1.807, 2.05) is 50.2 Å². The number of pyridine rings is 1. The smallest absolute Gasteiger partial charge is 0.335 e. The van der Waals surface area contributed by atoms with Gasteiger partial charge in [-0.3, -0.25) is 4.98 Å². The van der Waals surface area contributed by atoms with Gasteiger partial charge in [-0.05, 0) is 55.2 Å². The predicted octanol–water partition coefficient (Wildman–Crippen LogP) is 5.31.